The fourth-order valence-corrected chi connectivity index (χ4v) is 2.07. The van der Waals surface area contributed by atoms with Crippen LogP contribution in [0, 0.1) is 0 Å². The number of ether oxygens (including phenoxy) is 1. The van der Waals surface area contributed by atoms with Gasteiger partial charge in [-0.15, -0.1) is 0 Å². The van der Waals surface area contributed by atoms with Gasteiger partial charge in [-0.1, -0.05) is 26.7 Å². The highest BCUT2D eigenvalue weighted by Crippen LogP contribution is 2.26. The smallest absolute Gasteiger partial charge is 0.105 e. The zero-order valence-corrected chi connectivity index (χ0v) is 8.76. The Morgan fingerprint density at radius 1 is 1.08 bits per heavy atom. The first-order valence-corrected chi connectivity index (χ1v) is 5.55. The maximum absolute atomic E-state index is 13.3. The van der Waals surface area contributed by atoms with Gasteiger partial charge in [-0.2, -0.15) is 0 Å². The Morgan fingerprint density at radius 3 is 1.92 bits per heavy atom. The second-order valence-electron chi connectivity index (χ2n) is 4.03. The average molecular weight is 188 g/mol. The molecule has 3 atom stereocenters. The standard InChI is InChI=1S/C11H21FO/c1-3-5-10-7-9(12)8-11(13-10)6-4-2/h9-11H,3-8H2,1-2H3/t9?,10-,11+. The van der Waals surface area contributed by atoms with E-state index in [1.54, 1.807) is 0 Å². The van der Waals surface area contributed by atoms with Crippen LogP contribution in [0.1, 0.15) is 52.4 Å². The van der Waals surface area contributed by atoms with Crippen LogP contribution in [0.5, 0.6) is 0 Å². The highest BCUT2D eigenvalue weighted by molar-refractivity contribution is 4.77. The predicted octanol–water partition coefficient (Wildman–Crippen LogP) is 3.47. The number of halogens is 1. The fraction of sp³-hybridized carbons (Fsp3) is 1.00. The summed E-state index contributed by atoms with van der Waals surface area (Å²) in [4.78, 5) is 0. The van der Waals surface area contributed by atoms with Gasteiger partial charge in [-0.25, -0.2) is 4.39 Å². The summed E-state index contributed by atoms with van der Waals surface area (Å²) < 4.78 is 19.0. The Morgan fingerprint density at radius 2 is 1.54 bits per heavy atom. The summed E-state index contributed by atoms with van der Waals surface area (Å²) >= 11 is 0. The third-order valence-corrected chi connectivity index (χ3v) is 2.64. The first-order chi connectivity index (χ1) is 6.26. The van der Waals surface area contributed by atoms with Crippen molar-refractivity contribution in [1.82, 2.24) is 0 Å². The van der Waals surface area contributed by atoms with Crippen LogP contribution < -0.4 is 0 Å². The van der Waals surface area contributed by atoms with Gasteiger partial charge in [0.05, 0.1) is 12.2 Å². The van der Waals surface area contributed by atoms with Gasteiger partial charge in [0.2, 0.25) is 0 Å². The topological polar surface area (TPSA) is 9.23 Å². The Hall–Kier alpha value is -0.110. The zero-order chi connectivity index (χ0) is 9.68. The van der Waals surface area contributed by atoms with Crippen molar-refractivity contribution in [2.45, 2.75) is 70.8 Å². The van der Waals surface area contributed by atoms with Gasteiger partial charge in [-0.05, 0) is 12.8 Å². The average Bonchev–Trinajstić information content (AvgIpc) is 2.04. The summed E-state index contributed by atoms with van der Waals surface area (Å²) in [5, 5.41) is 0. The van der Waals surface area contributed by atoms with Crippen molar-refractivity contribution in [3.05, 3.63) is 0 Å². The SMILES string of the molecule is CCC[C@@H]1CC(F)C[C@H](CCC)O1. The quantitative estimate of drug-likeness (QED) is 0.656. The summed E-state index contributed by atoms with van der Waals surface area (Å²) in [5.74, 6) is 0. The molecule has 0 spiro atoms. The molecule has 0 aromatic carbocycles. The van der Waals surface area contributed by atoms with Crippen LogP contribution in [0.25, 0.3) is 0 Å². The molecule has 0 amide bonds. The summed E-state index contributed by atoms with van der Waals surface area (Å²) in [7, 11) is 0. The van der Waals surface area contributed by atoms with E-state index < -0.39 is 6.17 Å². The number of rotatable bonds is 4. The Bertz CT molecular complexity index is 124. The van der Waals surface area contributed by atoms with Gasteiger partial charge < -0.3 is 4.74 Å². The molecule has 0 radical (unpaired) electrons. The molecule has 0 aromatic rings. The van der Waals surface area contributed by atoms with Crippen LogP contribution in [-0.4, -0.2) is 18.4 Å². The van der Waals surface area contributed by atoms with Crippen molar-refractivity contribution in [2.24, 2.45) is 0 Å². The molecule has 1 aliphatic heterocycles. The monoisotopic (exact) mass is 188 g/mol. The lowest BCUT2D eigenvalue weighted by molar-refractivity contribution is -0.0826. The van der Waals surface area contributed by atoms with Crippen LogP contribution >= 0.6 is 0 Å². The molecule has 1 saturated heterocycles. The van der Waals surface area contributed by atoms with Crippen LogP contribution in [0.3, 0.4) is 0 Å². The number of alkyl halides is 1. The molecule has 0 saturated carbocycles. The van der Waals surface area contributed by atoms with Crippen LogP contribution in [0.4, 0.5) is 4.39 Å². The van der Waals surface area contributed by atoms with E-state index in [1.165, 1.54) is 0 Å². The van der Waals surface area contributed by atoms with Crippen molar-refractivity contribution in [1.29, 1.82) is 0 Å². The molecular formula is C11H21FO. The van der Waals surface area contributed by atoms with Gasteiger partial charge in [0.15, 0.2) is 0 Å². The number of hydrogen-bond acceptors (Lipinski definition) is 1. The molecule has 13 heavy (non-hydrogen) atoms. The van der Waals surface area contributed by atoms with Gasteiger partial charge in [0.1, 0.15) is 6.17 Å². The first-order valence-electron chi connectivity index (χ1n) is 5.55. The van der Waals surface area contributed by atoms with Gasteiger partial charge >= 0.3 is 0 Å². The molecule has 0 bridgehead atoms. The molecule has 0 aromatic heterocycles. The minimum absolute atomic E-state index is 0.185. The second-order valence-corrected chi connectivity index (χ2v) is 4.03. The highest BCUT2D eigenvalue weighted by atomic mass is 19.1. The maximum atomic E-state index is 13.3. The molecule has 2 heteroatoms. The van der Waals surface area contributed by atoms with Gasteiger partial charge in [0.25, 0.3) is 0 Å². The molecule has 1 fully saturated rings. The second kappa shape index (κ2) is 5.58. The highest BCUT2D eigenvalue weighted by Gasteiger charge is 2.28. The molecule has 0 aliphatic carbocycles. The first kappa shape index (κ1) is 11.0. The third kappa shape index (κ3) is 3.63. The maximum Gasteiger partial charge on any atom is 0.105 e. The van der Waals surface area contributed by atoms with E-state index in [0.29, 0.717) is 12.8 Å². The van der Waals surface area contributed by atoms with Gasteiger partial charge in [-0.3, -0.25) is 0 Å². The van der Waals surface area contributed by atoms with E-state index in [-0.39, 0.29) is 12.2 Å². The lowest BCUT2D eigenvalue weighted by atomic mass is 9.97. The molecule has 0 N–H and O–H groups in total. The minimum atomic E-state index is -0.623. The molecule has 78 valence electrons. The molecule has 1 nitrogen and oxygen atoms in total. The van der Waals surface area contributed by atoms with E-state index in [0.717, 1.165) is 25.7 Å². The molecule has 1 heterocycles. The van der Waals surface area contributed by atoms with Gasteiger partial charge in [0, 0.05) is 12.8 Å². The zero-order valence-electron chi connectivity index (χ0n) is 8.76. The Labute approximate surface area is 80.7 Å². The van der Waals surface area contributed by atoms with Crippen molar-refractivity contribution in [3.8, 4) is 0 Å². The molecule has 1 aliphatic rings. The van der Waals surface area contributed by atoms with E-state index in [4.69, 9.17) is 4.74 Å². The van der Waals surface area contributed by atoms with E-state index in [2.05, 4.69) is 13.8 Å². The van der Waals surface area contributed by atoms with Crippen LogP contribution in [-0.2, 0) is 4.74 Å². The van der Waals surface area contributed by atoms with Crippen LogP contribution in [0.15, 0.2) is 0 Å². The predicted molar refractivity (Wildman–Crippen MR) is 52.6 cm³/mol. The fourth-order valence-electron chi connectivity index (χ4n) is 2.07. The minimum Gasteiger partial charge on any atom is -0.375 e. The summed E-state index contributed by atoms with van der Waals surface area (Å²) in [5.41, 5.74) is 0. The Balaban J connectivity index is 2.33. The largest absolute Gasteiger partial charge is 0.375 e. The number of hydrogen-bond donors (Lipinski definition) is 0. The van der Waals surface area contributed by atoms with Crippen LogP contribution in [0.2, 0.25) is 0 Å². The lowest BCUT2D eigenvalue weighted by Gasteiger charge is -2.32. The normalized spacial score (nSPS) is 34.8. The van der Waals surface area contributed by atoms with Crippen molar-refractivity contribution >= 4 is 0 Å². The molecule has 1 rings (SSSR count). The lowest BCUT2D eigenvalue weighted by Crippen LogP contribution is -2.33. The Kier molecular flexibility index (Phi) is 4.71. The van der Waals surface area contributed by atoms with Crippen molar-refractivity contribution < 1.29 is 9.13 Å². The van der Waals surface area contributed by atoms with Crippen molar-refractivity contribution in [3.63, 3.8) is 0 Å². The summed E-state index contributed by atoms with van der Waals surface area (Å²) in [6.07, 6.45) is 5.20. The van der Waals surface area contributed by atoms with E-state index in [1.807, 2.05) is 0 Å². The van der Waals surface area contributed by atoms with E-state index >= 15 is 0 Å². The summed E-state index contributed by atoms with van der Waals surface area (Å²) in [6, 6.07) is 0. The third-order valence-electron chi connectivity index (χ3n) is 2.64. The van der Waals surface area contributed by atoms with Crippen molar-refractivity contribution in [2.75, 3.05) is 0 Å². The molecular weight excluding hydrogens is 167 g/mol. The van der Waals surface area contributed by atoms with E-state index in [9.17, 15) is 4.39 Å². The summed E-state index contributed by atoms with van der Waals surface area (Å²) in [6.45, 7) is 4.25. The molecule has 1 unspecified atom stereocenters.